The summed E-state index contributed by atoms with van der Waals surface area (Å²) in [4.78, 5) is 24.0. The third-order valence-corrected chi connectivity index (χ3v) is 7.23. The summed E-state index contributed by atoms with van der Waals surface area (Å²) < 4.78 is 31.5. The van der Waals surface area contributed by atoms with Crippen molar-refractivity contribution < 1.29 is 27.9 Å². The van der Waals surface area contributed by atoms with Gasteiger partial charge in [0.25, 0.3) is 0 Å². The van der Waals surface area contributed by atoms with Gasteiger partial charge >= 0.3 is 6.18 Å². The maximum Gasteiger partial charge on any atom is 0.430 e. The van der Waals surface area contributed by atoms with E-state index in [0.717, 1.165) is 42.4 Å². The number of alkyl halides is 3. The normalized spacial score (nSPS) is 14.6. The van der Waals surface area contributed by atoms with E-state index in [1.165, 1.54) is 16.8 Å². The van der Waals surface area contributed by atoms with Crippen LogP contribution in [0.4, 0.5) is 18.9 Å². The Morgan fingerprint density at radius 3 is 1.95 bits per heavy atom. The van der Waals surface area contributed by atoms with Crippen molar-refractivity contribution >= 4 is 40.8 Å². The number of piperidine rings is 1. The molecule has 1 fully saturated rings. The number of halogens is 5. The maximum atomic E-state index is 12.8. The van der Waals surface area contributed by atoms with Crippen molar-refractivity contribution in [3.05, 3.63) is 100 Å². The summed E-state index contributed by atoms with van der Waals surface area (Å²) in [6.07, 6.45) is -1.67. The van der Waals surface area contributed by atoms with Crippen LogP contribution in [0, 0.1) is 5.92 Å². The number of anilines is 1. The summed E-state index contributed by atoms with van der Waals surface area (Å²) in [6, 6.07) is 26.4. The first-order valence-corrected chi connectivity index (χ1v) is 13.6. The van der Waals surface area contributed by atoms with Gasteiger partial charge in [-0.15, -0.1) is 0 Å². The van der Waals surface area contributed by atoms with Crippen LogP contribution in [0.15, 0.2) is 78.9 Å². The van der Waals surface area contributed by atoms with E-state index in [0.29, 0.717) is 18.9 Å². The zero-order valence-corrected chi connectivity index (χ0v) is 23.2. The summed E-state index contributed by atoms with van der Waals surface area (Å²) in [7, 11) is 0. The molecule has 1 N–H and O–H groups in total. The van der Waals surface area contributed by atoms with E-state index < -0.39 is 12.1 Å². The molecular weight excluding hydrogens is 564 g/mol. The second kappa shape index (κ2) is 15.0. The highest BCUT2D eigenvalue weighted by Crippen LogP contribution is 2.26. The molecule has 0 spiro atoms. The van der Waals surface area contributed by atoms with Crippen molar-refractivity contribution in [1.82, 2.24) is 5.32 Å². The van der Waals surface area contributed by atoms with E-state index in [9.17, 15) is 18.0 Å². The number of carboxylic acid groups (broad SMARTS) is 1. The molecule has 1 saturated heterocycles. The first kappa shape index (κ1) is 31.3. The van der Waals surface area contributed by atoms with Crippen molar-refractivity contribution in [2.75, 3.05) is 24.5 Å². The van der Waals surface area contributed by atoms with Crippen molar-refractivity contribution in [2.45, 2.75) is 37.8 Å². The Balaban J connectivity index is 0.000000559. The number of hydrogen-bond acceptors (Lipinski definition) is 4. The minimum atomic E-state index is -5.19. The van der Waals surface area contributed by atoms with Crippen LogP contribution in [0.1, 0.15) is 36.3 Å². The van der Waals surface area contributed by atoms with Crippen molar-refractivity contribution in [2.24, 2.45) is 5.92 Å². The minimum Gasteiger partial charge on any atom is -0.542 e. The molecule has 3 aromatic carbocycles. The second-order valence-electron chi connectivity index (χ2n) is 9.64. The first-order valence-electron chi connectivity index (χ1n) is 12.9. The smallest absolute Gasteiger partial charge is 0.430 e. The summed E-state index contributed by atoms with van der Waals surface area (Å²) >= 11 is 12.1. The van der Waals surface area contributed by atoms with Crippen molar-refractivity contribution in [3.8, 4) is 0 Å². The molecular formula is C30H30Cl2F3N2O3-. The summed E-state index contributed by atoms with van der Waals surface area (Å²) in [5.74, 6) is -2.25. The van der Waals surface area contributed by atoms with Crippen LogP contribution < -0.4 is 15.3 Å². The number of nitrogens with zero attached hydrogens (tertiary/aromatic N) is 1. The summed E-state index contributed by atoms with van der Waals surface area (Å²) in [5.41, 5.74) is 3.64. The monoisotopic (exact) mass is 593 g/mol. The third kappa shape index (κ3) is 10.4. The van der Waals surface area contributed by atoms with E-state index in [2.05, 4.69) is 34.5 Å². The molecule has 0 radical (unpaired) electrons. The molecule has 1 aliphatic rings. The lowest BCUT2D eigenvalue weighted by atomic mass is 9.91. The molecule has 0 saturated carbocycles. The zero-order chi connectivity index (χ0) is 29.1. The van der Waals surface area contributed by atoms with Crippen LogP contribution in [0.25, 0.3) is 0 Å². The molecule has 1 atom stereocenters. The van der Waals surface area contributed by atoms with E-state index in [1.807, 2.05) is 54.6 Å². The third-order valence-electron chi connectivity index (χ3n) is 6.72. The van der Waals surface area contributed by atoms with Crippen LogP contribution in [0.2, 0.25) is 10.0 Å². The lowest BCUT2D eigenvalue weighted by molar-refractivity contribution is -0.344. The quantitative estimate of drug-likeness (QED) is 0.345. The van der Waals surface area contributed by atoms with Gasteiger partial charge in [-0.1, -0.05) is 65.7 Å². The average molecular weight is 594 g/mol. The molecule has 1 heterocycles. The Bertz CT molecular complexity index is 1220. The van der Waals surface area contributed by atoms with Gasteiger partial charge < -0.3 is 20.1 Å². The fraction of sp³-hybridized carbons (Fsp3) is 0.333. The number of hydrogen-bond donors (Lipinski definition) is 1. The highest BCUT2D eigenvalue weighted by molar-refractivity contribution is 6.30. The van der Waals surface area contributed by atoms with Gasteiger partial charge in [-0.05, 0) is 72.7 Å². The number of aliphatic carboxylic acids is 1. The number of carboxylic acids is 1. The van der Waals surface area contributed by atoms with Crippen molar-refractivity contribution in [1.29, 1.82) is 0 Å². The van der Waals surface area contributed by atoms with Gasteiger partial charge in [0.1, 0.15) is 5.97 Å². The maximum absolute atomic E-state index is 12.8. The summed E-state index contributed by atoms with van der Waals surface area (Å²) in [5, 5.41) is 13.4. The number of carbonyl (C=O) groups excluding carboxylic acids is 2. The fourth-order valence-electron chi connectivity index (χ4n) is 4.55. The molecule has 0 bridgehead atoms. The summed E-state index contributed by atoms with van der Waals surface area (Å²) in [6.45, 7) is 2.61. The standard InChI is InChI=1S/C28H30Cl2N2O.C2HF3O2/c29-25-10-6-21(7-11-25)18-24(23-8-12-26(30)13-9-23)20-31-28(33)19-22-14-16-32(17-15-22)27-4-2-1-3-5-27;3-2(4,5)1(6)7/h1-13,22,24H,14-20H2,(H,31,33);(H,6,7)/p-1/t24-;/m0./s1. The van der Waals surface area contributed by atoms with E-state index in [1.54, 1.807) is 0 Å². The molecule has 40 heavy (non-hydrogen) atoms. The molecule has 10 heteroatoms. The highest BCUT2D eigenvalue weighted by atomic mass is 35.5. The van der Waals surface area contributed by atoms with Crippen LogP contribution >= 0.6 is 23.2 Å². The van der Waals surface area contributed by atoms with Gasteiger partial charge in [-0.25, -0.2) is 0 Å². The van der Waals surface area contributed by atoms with Gasteiger partial charge in [0, 0.05) is 47.7 Å². The number of benzene rings is 3. The van der Waals surface area contributed by atoms with E-state index in [-0.39, 0.29) is 11.8 Å². The number of amides is 1. The number of nitrogens with one attached hydrogen (secondary N) is 1. The zero-order valence-electron chi connectivity index (χ0n) is 21.7. The molecule has 1 aliphatic heterocycles. The number of para-hydroxylation sites is 1. The Morgan fingerprint density at radius 1 is 0.900 bits per heavy atom. The van der Waals surface area contributed by atoms with Gasteiger partial charge in [-0.3, -0.25) is 4.79 Å². The molecule has 214 valence electrons. The molecule has 5 nitrogen and oxygen atoms in total. The predicted octanol–water partition coefficient (Wildman–Crippen LogP) is 6.04. The molecule has 0 aliphatic carbocycles. The Morgan fingerprint density at radius 2 is 1.43 bits per heavy atom. The van der Waals surface area contributed by atoms with Gasteiger partial charge in [-0.2, -0.15) is 13.2 Å². The molecule has 0 aromatic heterocycles. The van der Waals surface area contributed by atoms with Crippen LogP contribution in [-0.2, 0) is 16.0 Å². The fourth-order valence-corrected chi connectivity index (χ4v) is 4.81. The Hall–Kier alpha value is -3.23. The second-order valence-corrected chi connectivity index (χ2v) is 10.5. The molecule has 1 amide bonds. The van der Waals surface area contributed by atoms with Crippen molar-refractivity contribution in [3.63, 3.8) is 0 Å². The molecule has 3 aromatic rings. The Kier molecular flexibility index (Phi) is 11.7. The van der Waals surface area contributed by atoms with Gasteiger partial charge in [0.05, 0.1) is 0 Å². The van der Waals surface area contributed by atoms with Crippen LogP contribution in [0.5, 0.6) is 0 Å². The number of carbonyl (C=O) groups is 2. The van der Waals surface area contributed by atoms with E-state index in [4.69, 9.17) is 33.1 Å². The van der Waals surface area contributed by atoms with Crippen LogP contribution in [-0.4, -0.2) is 37.7 Å². The van der Waals surface area contributed by atoms with E-state index >= 15 is 0 Å². The van der Waals surface area contributed by atoms with Gasteiger partial charge in [0.2, 0.25) is 5.91 Å². The lowest BCUT2D eigenvalue weighted by Crippen LogP contribution is -2.37. The lowest BCUT2D eigenvalue weighted by Gasteiger charge is -2.33. The number of rotatable bonds is 8. The SMILES string of the molecule is O=C(CC1CCN(c2ccccc2)CC1)NC[C@H](Cc1ccc(Cl)cc1)c1ccc(Cl)cc1.O=C([O-])C(F)(F)F. The largest absolute Gasteiger partial charge is 0.542 e. The first-order chi connectivity index (χ1) is 19.0. The van der Waals surface area contributed by atoms with Crippen LogP contribution in [0.3, 0.4) is 0 Å². The molecule has 4 rings (SSSR count). The predicted molar refractivity (Wildman–Crippen MR) is 149 cm³/mol. The minimum absolute atomic E-state index is 0.142. The molecule has 0 unspecified atom stereocenters. The highest BCUT2D eigenvalue weighted by Gasteiger charge is 2.29. The average Bonchev–Trinajstić information content (AvgIpc) is 2.93. The van der Waals surface area contributed by atoms with Gasteiger partial charge in [0.15, 0.2) is 0 Å². The topological polar surface area (TPSA) is 72.5 Å². The Labute approximate surface area is 241 Å².